The summed E-state index contributed by atoms with van der Waals surface area (Å²) < 4.78 is 0. The zero-order valence-electron chi connectivity index (χ0n) is 11.3. The normalized spacial score (nSPS) is 10.7. The van der Waals surface area contributed by atoms with Crippen molar-refractivity contribution in [3.63, 3.8) is 0 Å². The number of benzene rings is 3. The topological polar surface area (TPSA) is 57.5 Å². The average molecular weight is 278 g/mol. The third kappa shape index (κ3) is 2.58. The first-order chi connectivity index (χ1) is 10.2. The molecule has 0 unspecified atom stereocenters. The summed E-state index contributed by atoms with van der Waals surface area (Å²) >= 11 is 0. The van der Waals surface area contributed by atoms with Crippen molar-refractivity contribution < 1.29 is 15.0 Å². The fraction of sp³-hybridized carbons (Fsp3) is 0.0556. The lowest BCUT2D eigenvalue weighted by Crippen LogP contribution is -1.91. The number of phenolic OH excluding ortho intramolecular Hbond substituents is 2. The number of fused-ring (bicyclic) bond motifs is 1. The van der Waals surface area contributed by atoms with Gasteiger partial charge in [0.15, 0.2) is 6.29 Å². The molecule has 3 rings (SSSR count). The molecule has 3 heteroatoms. The molecule has 3 nitrogen and oxygen atoms in total. The molecule has 0 fully saturated rings. The van der Waals surface area contributed by atoms with E-state index >= 15 is 0 Å². The van der Waals surface area contributed by atoms with E-state index in [4.69, 9.17) is 0 Å². The van der Waals surface area contributed by atoms with Crippen LogP contribution in [0.25, 0.3) is 10.8 Å². The van der Waals surface area contributed by atoms with E-state index in [1.54, 1.807) is 24.3 Å². The van der Waals surface area contributed by atoms with Crippen LogP contribution in [0.1, 0.15) is 21.5 Å². The molecule has 0 atom stereocenters. The van der Waals surface area contributed by atoms with E-state index in [0.717, 1.165) is 21.9 Å². The predicted molar refractivity (Wildman–Crippen MR) is 81.9 cm³/mol. The van der Waals surface area contributed by atoms with Crippen LogP contribution < -0.4 is 0 Å². The molecular weight excluding hydrogens is 264 g/mol. The first kappa shape index (κ1) is 13.2. The highest BCUT2D eigenvalue weighted by Gasteiger charge is 2.06. The molecule has 0 aliphatic rings. The van der Waals surface area contributed by atoms with Crippen molar-refractivity contribution in [1.29, 1.82) is 0 Å². The van der Waals surface area contributed by atoms with Gasteiger partial charge in [-0.05, 0) is 52.6 Å². The summed E-state index contributed by atoms with van der Waals surface area (Å²) in [7, 11) is 0. The van der Waals surface area contributed by atoms with E-state index in [-0.39, 0.29) is 11.5 Å². The summed E-state index contributed by atoms with van der Waals surface area (Å²) in [6.07, 6.45) is 1.29. The quantitative estimate of drug-likeness (QED) is 0.719. The lowest BCUT2D eigenvalue weighted by molar-refractivity contribution is 0.112. The fourth-order valence-electron chi connectivity index (χ4n) is 2.51. The van der Waals surface area contributed by atoms with Gasteiger partial charge in [-0.15, -0.1) is 0 Å². The Morgan fingerprint density at radius 1 is 0.952 bits per heavy atom. The first-order valence-corrected chi connectivity index (χ1v) is 6.65. The second-order valence-electron chi connectivity index (χ2n) is 5.01. The van der Waals surface area contributed by atoms with E-state index in [9.17, 15) is 15.0 Å². The van der Waals surface area contributed by atoms with Gasteiger partial charge in [0, 0.05) is 0 Å². The van der Waals surface area contributed by atoms with E-state index < -0.39 is 0 Å². The summed E-state index contributed by atoms with van der Waals surface area (Å²) in [6.45, 7) is 0. The van der Waals surface area contributed by atoms with Crippen molar-refractivity contribution in [3.05, 3.63) is 71.3 Å². The van der Waals surface area contributed by atoms with Crippen LogP contribution in [0.4, 0.5) is 0 Å². The van der Waals surface area contributed by atoms with E-state index in [1.165, 1.54) is 0 Å². The molecule has 3 aromatic rings. The highest BCUT2D eigenvalue weighted by Crippen LogP contribution is 2.26. The van der Waals surface area contributed by atoms with Gasteiger partial charge >= 0.3 is 0 Å². The molecule has 0 heterocycles. The van der Waals surface area contributed by atoms with E-state index in [0.29, 0.717) is 18.3 Å². The number of carbonyl (C=O) groups is 1. The molecule has 0 amide bonds. The van der Waals surface area contributed by atoms with Gasteiger partial charge in [-0.25, -0.2) is 0 Å². The summed E-state index contributed by atoms with van der Waals surface area (Å²) in [4.78, 5) is 10.7. The standard InChI is InChI=1S/C18H14O3/c19-11-15-5-4-12(9-18(15)21)8-13-2-1-3-14-10-16(20)6-7-17(13)14/h1-7,9-11,20-21H,8H2. The maximum absolute atomic E-state index is 10.7. The number of aldehydes is 1. The second kappa shape index (κ2) is 5.29. The predicted octanol–water partition coefficient (Wildman–Crippen LogP) is 3.65. The molecule has 2 N–H and O–H groups in total. The zero-order chi connectivity index (χ0) is 14.8. The zero-order valence-corrected chi connectivity index (χ0v) is 11.3. The SMILES string of the molecule is O=Cc1ccc(Cc2cccc3cc(O)ccc23)cc1O. The van der Waals surface area contributed by atoms with Crippen LogP contribution in [0, 0.1) is 0 Å². The molecule has 0 spiro atoms. The van der Waals surface area contributed by atoms with Crippen molar-refractivity contribution >= 4 is 17.1 Å². The molecule has 0 saturated heterocycles. The van der Waals surface area contributed by atoms with E-state index in [2.05, 4.69) is 0 Å². The fourth-order valence-corrected chi connectivity index (χ4v) is 2.51. The van der Waals surface area contributed by atoms with Crippen molar-refractivity contribution in [1.82, 2.24) is 0 Å². The van der Waals surface area contributed by atoms with Gasteiger partial charge in [0.1, 0.15) is 11.5 Å². The van der Waals surface area contributed by atoms with Crippen LogP contribution in [-0.2, 0) is 6.42 Å². The van der Waals surface area contributed by atoms with Crippen LogP contribution in [0.15, 0.2) is 54.6 Å². The Balaban J connectivity index is 2.02. The highest BCUT2D eigenvalue weighted by molar-refractivity contribution is 5.87. The smallest absolute Gasteiger partial charge is 0.153 e. The summed E-state index contributed by atoms with van der Waals surface area (Å²) in [5, 5.41) is 21.3. The third-order valence-corrected chi connectivity index (χ3v) is 3.57. The molecule has 0 aliphatic carbocycles. The Morgan fingerprint density at radius 3 is 2.57 bits per heavy atom. The summed E-state index contributed by atoms with van der Waals surface area (Å²) in [5.41, 5.74) is 2.33. The summed E-state index contributed by atoms with van der Waals surface area (Å²) in [6, 6.07) is 16.3. The Kier molecular flexibility index (Phi) is 3.32. The minimum absolute atomic E-state index is 0.000353. The van der Waals surface area contributed by atoms with Gasteiger partial charge in [-0.2, -0.15) is 0 Å². The molecule has 104 valence electrons. The van der Waals surface area contributed by atoms with Crippen molar-refractivity contribution in [2.45, 2.75) is 6.42 Å². The van der Waals surface area contributed by atoms with Crippen molar-refractivity contribution in [3.8, 4) is 11.5 Å². The van der Waals surface area contributed by atoms with Gasteiger partial charge in [-0.1, -0.05) is 30.3 Å². The molecular formula is C18H14O3. The average Bonchev–Trinajstić information content (AvgIpc) is 2.47. The molecule has 0 aromatic heterocycles. The van der Waals surface area contributed by atoms with Crippen molar-refractivity contribution in [2.75, 3.05) is 0 Å². The number of aromatic hydroxyl groups is 2. The van der Waals surface area contributed by atoms with Crippen LogP contribution >= 0.6 is 0 Å². The summed E-state index contributed by atoms with van der Waals surface area (Å²) in [5.74, 6) is 0.244. The number of rotatable bonds is 3. The Morgan fingerprint density at radius 2 is 1.81 bits per heavy atom. The van der Waals surface area contributed by atoms with Crippen molar-refractivity contribution in [2.24, 2.45) is 0 Å². The number of carbonyl (C=O) groups excluding carboxylic acids is 1. The Hall–Kier alpha value is -2.81. The molecule has 0 saturated carbocycles. The van der Waals surface area contributed by atoms with Gasteiger partial charge in [0.05, 0.1) is 5.56 Å². The highest BCUT2D eigenvalue weighted by atomic mass is 16.3. The largest absolute Gasteiger partial charge is 0.508 e. The second-order valence-corrected chi connectivity index (χ2v) is 5.01. The maximum atomic E-state index is 10.7. The third-order valence-electron chi connectivity index (χ3n) is 3.57. The minimum atomic E-state index is 0.000353. The molecule has 3 aromatic carbocycles. The number of hydrogen-bond donors (Lipinski definition) is 2. The minimum Gasteiger partial charge on any atom is -0.508 e. The lowest BCUT2D eigenvalue weighted by atomic mass is 9.97. The molecule has 0 aliphatic heterocycles. The molecule has 0 bridgehead atoms. The van der Waals surface area contributed by atoms with Gasteiger partial charge < -0.3 is 10.2 Å². The number of hydrogen-bond acceptors (Lipinski definition) is 3. The maximum Gasteiger partial charge on any atom is 0.153 e. The van der Waals surface area contributed by atoms with Crippen LogP contribution in [0.3, 0.4) is 0 Å². The molecule has 21 heavy (non-hydrogen) atoms. The Bertz CT molecular complexity index is 822. The van der Waals surface area contributed by atoms with Crippen LogP contribution in [0.5, 0.6) is 11.5 Å². The Labute approximate surface area is 122 Å². The first-order valence-electron chi connectivity index (χ1n) is 6.65. The van der Waals surface area contributed by atoms with Crippen LogP contribution in [-0.4, -0.2) is 16.5 Å². The van der Waals surface area contributed by atoms with E-state index in [1.807, 2.05) is 30.3 Å². The van der Waals surface area contributed by atoms with Gasteiger partial charge in [0.25, 0.3) is 0 Å². The number of phenols is 2. The monoisotopic (exact) mass is 278 g/mol. The lowest BCUT2D eigenvalue weighted by Gasteiger charge is -2.08. The van der Waals surface area contributed by atoms with Crippen LogP contribution in [0.2, 0.25) is 0 Å². The van der Waals surface area contributed by atoms with Gasteiger partial charge in [-0.3, -0.25) is 4.79 Å². The molecule has 0 radical (unpaired) electrons. The van der Waals surface area contributed by atoms with Gasteiger partial charge in [0.2, 0.25) is 0 Å².